The Labute approximate surface area is 135 Å². The van der Waals surface area contributed by atoms with E-state index in [1.165, 1.54) is 25.6 Å². The van der Waals surface area contributed by atoms with E-state index in [0.717, 1.165) is 4.70 Å². The average Bonchev–Trinajstić information content (AvgIpc) is 2.92. The monoisotopic (exact) mass is 337 g/mol. The topological polar surface area (TPSA) is 121 Å². The number of methoxy groups -OCH3 is 2. The zero-order valence-electron chi connectivity index (χ0n) is 12.5. The summed E-state index contributed by atoms with van der Waals surface area (Å²) in [6.45, 7) is 0. The Balaban J connectivity index is 2.18. The fourth-order valence-corrected chi connectivity index (χ4v) is 2.68. The highest BCUT2D eigenvalue weighted by Gasteiger charge is 2.25. The van der Waals surface area contributed by atoms with Crippen LogP contribution in [-0.2, 0) is 19.1 Å². The first-order valence-corrected chi connectivity index (χ1v) is 7.37. The summed E-state index contributed by atoms with van der Waals surface area (Å²) in [7, 11) is 2.37. The molecule has 0 saturated carbocycles. The number of carbonyl (C=O) groups is 3. The second-order valence-electron chi connectivity index (χ2n) is 4.56. The lowest BCUT2D eigenvalue weighted by Crippen LogP contribution is -2.43. The summed E-state index contributed by atoms with van der Waals surface area (Å²) < 4.78 is 9.83. The number of benzene rings is 1. The van der Waals surface area contributed by atoms with Crippen LogP contribution in [0, 0.1) is 0 Å². The van der Waals surface area contributed by atoms with Gasteiger partial charge in [0, 0.05) is 5.56 Å². The van der Waals surface area contributed by atoms with Crippen LogP contribution in [0.4, 0.5) is 5.13 Å². The van der Waals surface area contributed by atoms with Crippen molar-refractivity contribution in [1.29, 1.82) is 0 Å². The molecule has 0 radical (unpaired) electrons. The molecule has 8 nitrogen and oxygen atoms in total. The first-order valence-electron chi connectivity index (χ1n) is 6.56. The van der Waals surface area contributed by atoms with Crippen molar-refractivity contribution in [2.24, 2.45) is 0 Å². The molecule has 2 aromatic rings. The average molecular weight is 337 g/mol. The highest BCUT2D eigenvalue weighted by atomic mass is 32.1. The van der Waals surface area contributed by atoms with Crippen molar-refractivity contribution < 1.29 is 23.9 Å². The van der Waals surface area contributed by atoms with E-state index in [2.05, 4.69) is 19.8 Å². The zero-order chi connectivity index (χ0) is 17.0. The Hall–Kier alpha value is -2.68. The first kappa shape index (κ1) is 16.7. The van der Waals surface area contributed by atoms with E-state index in [1.54, 1.807) is 18.2 Å². The highest BCUT2D eigenvalue weighted by Crippen LogP contribution is 2.24. The number of anilines is 1. The predicted molar refractivity (Wildman–Crippen MR) is 83.9 cm³/mol. The lowest BCUT2D eigenvalue weighted by Gasteiger charge is -2.15. The molecule has 122 valence electrons. The number of hydrogen-bond donors (Lipinski definition) is 2. The maximum Gasteiger partial charge on any atom is 0.328 e. The quantitative estimate of drug-likeness (QED) is 0.771. The van der Waals surface area contributed by atoms with Gasteiger partial charge < -0.3 is 20.5 Å². The number of amides is 1. The first-order chi connectivity index (χ1) is 10.9. The number of ether oxygens (including phenoxy) is 2. The molecule has 1 aromatic carbocycles. The lowest BCUT2D eigenvalue weighted by molar-refractivity contribution is -0.149. The second kappa shape index (κ2) is 7.05. The van der Waals surface area contributed by atoms with Crippen molar-refractivity contribution in [3.63, 3.8) is 0 Å². The second-order valence-corrected chi connectivity index (χ2v) is 5.63. The summed E-state index contributed by atoms with van der Waals surface area (Å²) in [6.07, 6.45) is -0.315. The minimum atomic E-state index is -1.12. The number of nitrogens with two attached hydrogens (primary N) is 1. The fraction of sp³-hybridized carbons (Fsp3) is 0.286. The van der Waals surface area contributed by atoms with E-state index in [4.69, 9.17) is 5.73 Å². The van der Waals surface area contributed by atoms with Gasteiger partial charge >= 0.3 is 11.9 Å². The van der Waals surface area contributed by atoms with E-state index < -0.39 is 23.9 Å². The number of esters is 2. The zero-order valence-corrected chi connectivity index (χ0v) is 13.3. The van der Waals surface area contributed by atoms with Gasteiger partial charge in [-0.3, -0.25) is 9.59 Å². The van der Waals surface area contributed by atoms with Crippen molar-refractivity contribution in [2.45, 2.75) is 12.5 Å². The molecule has 0 bridgehead atoms. The minimum Gasteiger partial charge on any atom is -0.469 e. The van der Waals surface area contributed by atoms with Gasteiger partial charge in [0.25, 0.3) is 5.91 Å². The van der Waals surface area contributed by atoms with Gasteiger partial charge in [-0.2, -0.15) is 0 Å². The van der Waals surface area contributed by atoms with E-state index in [1.807, 2.05) is 0 Å². The molecule has 1 aromatic heterocycles. The van der Waals surface area contributed by atoms with Crippen LogP contribution in [0.15, 0.2) is 18.2 Å². The fourth-order valence-electron chi connectivity index (χ4n) is 1.91. The molecule has 2 rings (SSSR count). The molecule has 9 heteroatoms. The van der Waals surface area contributed by atoms with Gasteiger partial charge in [-0.1, -0.05) is 11.3 Å². The maximum absolute atomic E-state index is 12.3. The Morgan fingerprint density at radius 3 is 2.70 bits per heavy atom. The Morgan fingerprint density at radius 2 is 2.04 bits per heavy atom. The third-order valence-corrected chi connectivity index (χ3v) is 3.90. The third kappa shape index (κ3) is 3.95. The smallest absolute Gasteiger partial charge is 0.328 e. The summed E-state index contributed by atoms with van der Waals surface area (Å²) in [5.74, 6) is -1.88. The molecule has 0 aliphatic rings. The van der Waals surface area contributed by atoms with Gasteiger partial charge in [-0.15, -0.1) is 0 Å². The van der Waals surface area contributed by atoms with Crippen LogP contribution in [0.3, 0.4) is 0 Å². The van der Waals surface area contributed by atoms with E-state index in [9.17, 15) is 14.4 Å². The lowest BCUT2D eigenvalue weighted by atomic mass is 10.1. The number of aromatic nitrogens is 1. The summed E-state index contributed by atoms with van der Waals surface area (Å²) >= 11 is 1.25. The molecule has 0 fully saturated rings. The van der Waals surface area contributed by atoms with Crippen LogP contribution < -0.4 is 11.1 Å². The molecule has 1 atom stereocenters. The van der Waals surface area contributed by atoms with Crippen molar-refractivity contribution in [3.05, 3.63) is 23.8 Å². The molecule has 1 heterocycles. The Kier molecular flexibility index (Phi) is 5.12. The van der Waals surface area contributed by atoms with Crippen LogP contribution in [-0.4, -0.2) is 43.1 Å². The third-order valence-electron chi connectivity index (χ3n) is 3.06. The van der Waals surface area contributed by atoms with Gasteiger partial charge in [0.05, 0.1) is 30.9 Å². The molecule has 1 unspecified atom stereocenters. The van der Waals surface area contributed by atoms with Crippen LogP contribution in [0.2, 0.25) is 0 Å². The van der Waals surface area contributed by atoms with Crippen molar-refractivity contribution in [1.82, 2.24) is 10.3 Å². The summed E-state index contributed by atoms with van der Waals surface area (Å²) in [6, 6.07) is 3.71. The molecule has 23 heavy (non-hydrogen) atoms. The maximum atomic E-state index is 12.3. The number of hydrogen-bond acceptors (Lipinski definition) is 8. The standard InChI is InChI=1S/C14H15N3O5S/c1-21-11(18)6-9(13(20)22-2)16-12(19)7-3-4-8-10(5-7)23-14(15)17-8/h3-5,9H,6H2,1-2H3,(H2,15,17)(H,16,19). The van der Waals surface area contributed by atoms with Gasteiger partial charge in [-0.05, 0) is 18.2 Å². The molecule has 0 saturated heterocycles. The Morgan fingerprint density at radius 1 is 1.30 bits per heavy atom. The van der Waals surface area contributed by atoms with E-state index in [-0.39, 0.29) is 6.42 Å². The molecule has 0 spiro atoms. The van der Waals surface area contributed by atoms with Crippen LogP contribution >= 0.6 is 11.3 Å². The highest BCUT2D eigenvalue weighted by molar-refractivity contribution is 7.22. The molecule has 3 N–H and O–H groups in total. The van der Waals surface area contributed by atoms with E-state index in [0.29, 0.717) is 16.2 Å². The van der Waals surface area contributed by atoms with Crippen LogP contribution in [0.25, 0.3) is 10.2 Å². The number of nitrogens with one attached hydrogen (secondary N) is 1. The molecular weight excluding hydrogens is 322 g/mol. The number of fused-ring (bicyclic) bond motifs is 1. The molecule has 0 aliphatic heterocycles. The van der Waals surface area contributed by atoms with Crippen molar-refractivity contribution in [2.75, 3.05) is 20.0 Å². The van der Waals surface area contributed by atoms with Gasteiger partial charge in [0.15, 0.2) is 5.13 Å². The largest absolute Gasteiger partial charge is 0.469 e. The van der Waals surface area contributed by atoms with Gasteiger partial charge in [0.1, 0.15) is 6.04 Å². The van der Waals surface area contributed by atoms with E-state index >= 15 is 0 Å². The van der Waals surface area contributed by atoms with Gasteiger partial charge in [-0.25, -0.2) is 9.78 Å². The number of thiazole rings is 1. The number of rotatable bonds is 5. The summed E-state index contributed by atoms with van der Waals surface area (Å²) in [5, 5.41) is 2.86. The summed E-state index contributed by atoms with van der Waals surface area (Å²) in [5.41, 5.74) is 6.62. The van der Waals surface area contributed by atoms with Crippen molar-refractivity contribution >= 4 is 44.5 Å². The van der Waals surface area contributed by atoms with Crippen LogP contribution in [0.5, 0.6) is 0 Å². The summed E-state index contributed by atoms with van der Waals surface area (Å²) in [4.78, 5) is 39.4. The van der Waals surface area contributed by atoms with Crippen LogP contribution in [0.1, 0.15) is 16.8 Å². The number of nitrogens with zero attached hydrogens (tertiary/aromatic N) is 1. The Bertz CT molecular complexity index is 758. The van der Waals surface area contributed by atoms with Crippen molar-refractivity contribution in [3.8, 4) is 0 Å². The normalized spacial score (nSPS) is 11.7. The molecule has 0 aliphatic carbocycles. The minimum absolute atomic E-state index is 0.315. The number of nitrogen functional groups attached to an aromatic ring is 1. The SMILES string of the molecule is COC(=O)CC(NC(=O)c1ccc2nc(N)sc2c1)C(=O)OC. The molecular formula is C14H15N3O5S. The number of carbonyl (C=O) groups excluding carboxylic acids is 3. The molecule has 1 amide bonds. The van der Waals surface area contributed by atoms with Gasteiger partial charge in [0.2, 0.25) is 0 Å². The predicted octanol–water partition coefficient (Wildman–Crippen LogP) is 0.713.